The molecule has 0 radical (unpaired) electrons. The van der Waals surface area contributed by atoms with E-state index in [9.17, 15) is 9.59 Å². The summed E-state index contributed by atoms with van der Waals surface area (Å²) in [5, 5.41) is 7.80. The van der Waals surface area contributed by atoms with Crippen molar-refractivity contribution in [2.24, 2.45) is 0 Å². The highest BCUT2D eigenvalue weighted by Gasteiger charge is 2.17. The van der Waals surface area contributed by atoms with Crippen molar-refractivity contribution in [3.63, 3.8) is 0 Å². The molecule has 1 heterocycles. The quantitative estimate of drug-likeness (QED) is 0.631. The molecule has 2 N–H and O–H groups in total. The van der Waals surface area contributed by atoms with Crippen molar-refractivity contribution in [2.45, 2.75) is 12.5 Å². The fraction of sp³-hybridized carbons (Fsp3) is 0.273. The first-order chi connectivity index (χ1) is 13.5. The summed E-state index contributed by atoms with van der Waals surface area (Å²) in [7, 11) is 3.87. The van der Waals surface area contributed by atoms with Crippen molar-refractivity contribution >= 4 is 22.6 Å². The molecule has 0 aliphatic carbocycles. The van der Waals surface area contributed by atoms with Gasteiger partial charge < -0.3 is 15.1 Å². The Morgan fingerprint density at radius 2 is 1.79 bits per heavy atom. The highest BCUT2D eigenvalue weighted by molar-refractivity contribution is 5.98. The number of furan rings is 1. The molecule has 0 spiro atoms. The van der Waals surface area contributed by atoms with Crippen LogP contribution in [-0.2, 0) is 4.79 Å². The van der Waals surface area contributed by atoms with Gasteiger partial charge in [-0.15, -0.1) is 0 Å². The number of hydrogen-bond donors (Lipinski definition) is 2. The van der Waals surface area contributed by atoms with Gasteiger partial charge in [0.05, 0.1) is 12.3 Å². The van der Waals surface area contributed by atoms with Crippen LogP contribution in [-0.4, -0.2) is 43.9 Å². The van der Waals surface area contributed by atoms with Gasteiger partial charge in [-0.3, -0.25) is 14.5 Å². The van der Waals surface area contributed by atoms with Crippen molar-refractivity contribution < 1.29 is 14.0 Å². The summed E-state index contributed by atoms with van der Waals surface area (Å²) in [6.07, 6.45) is 1.84. The van der Waals surface area contributed by atoms with Crippen LogP contribution >= 0.6 is 0 Å². The summed E-state index contributed by atoms with van der Waals surface area (Å²) in [5.74, 6) is 0.507. The molecule has 2 amide bonds. The molecule has 6 heteroatoms. The molecule has 0 bridgehead atoms. The standard InChI is InChI=1S/C22H25N3O3/c1-25(2)19(20-8-5-13-28-20)15-24-21(26)11-12-23-22(27)18-10-9-16-6-3-4-7-17(16)14-18/h3-10,13-14,19H,11-12,15H2,1-2H3,(H,23,27)(H,24,26)/t19-/m1/s1. The molecule has 0 aliphatic rings. The van der Waals surface area contributed by atoms with Crippen LogP contribution in [0.25, 0.3) is 10.8 Å². The van der Waals surface area contributed by atoms with Gasteiger partial charge in [0.2, 0.25) is 5.91 Å². The number of amides is 2. The monoisotopic (exact) mass is 379 g/mol. The lowest BCUT2D eigenvalue weighted by Crippen LogP contribution is -2.36. The van der Waals surface area contributed by atoms with E-state index < -0.39 is 0 Å². The first-order valence-corrected chi connectivity index (χ1v) is 9.28. The van der Waals surface area contributed by atoms with Crippen LogP contribution in [0.4, 0.5) is 0 Å². The Bertz CT molecular complexity index is 935. The van der Waals surface area contributed by atoms with Crippen LogP contribution < -0.4 is 10.6 Å². The molecule has 6 nitrogen and oxygen atoms in total. The minimum atomic E-state index is -0.180. The van der Waals surface area contributed by atoms with E-state index >= 15 is 0 Å². The Kier molecular flexibility index (Phi) is 6.45. The van der Waals surface area contributed by atoms with E-state index in [2.05, 4.69) is 10.6 Å². The van der Waals surface area contributed by atoms with Crippen LogP contribution in [0.15, 0.2) is 65.3 Å². The van der Waals surface area contributed by atoms with E-state index in [-0.39, 0.29) is 30.8 Å². The SMILES string of the molecule is CN(C)[C@H](CNC(=O)CCNC(=O)c1ccc2ccccc2c1)c1ccco1. The Balaban J connectivity index is 1.46. The highest BCUT2D eigenvalue weighted by Crippen LogP contribution is 2.17. The number of benzene rings is 2. The fourth-order valence-corrected chi connectivity index (χ4v) is 3.04. The molecule has 0 unspecified atom stereocenters. The van der Waals surface area contributed by atoms with E-state index in [0.717, 1.165) is 16.5 Å². The Hall–Kier alpha value is -3.12. The van der Waals surface area contributed by atoms with Crippen LogP contribution in [0, 0.1) is 0 Å². The van der Waals surface area contributed by atoms with E-state index in [0.29, 0.717) is 12.1 Å². The zero-order valence-corrected chi connectivity index (χ0v) is 16.1. The van der Waals surface area contributed by atoms with Gasteiger partial charge in [0.1, 0.15) is 5.76 Å². The maximum atomic E-state index is 12.3. The number of carbonyl (C=O) groups excluding carboxylic acids is 2. The molecule has 0 fully saturated rings. The number of rotatable bonds is 8. The minimum absolute atomic E-state index is 0.0360. The first-order valence-electron chi connectivity index (χ1n) is 9.28. The Labute approximate surface area is 164 Å². The Morgan fingerprint density at radius 3 is 2.50 bits per heavy atom. The predicted octanol–water partition coefficient (Wildman–Crippen LogP) is 2.97. The third-order valence-corrected chi connectivity index (χ3v) is 4.64. The zero-order chi connectivity index (χ0) is 19.9. The molecule has 28 heavy (non-hydrogen) atoms. The molecule has 1 atom stereocenters. The van der Waals surface area contributed by atoms with Crippen molar-refractivity contribution in [3.8, 4) is 0 Å². The second kappa shape index (κ2) is 9.19. The van der Waals surface area contributed by atoms with Crippen molar-refractivity contribution in [3.05, 3.63) is 72.2 Å². The zero-order valence-electron chi connectivity index (χ0n) is 16.1. The van der Waals surface area contributed by atoms with Crippen LogP contribution in [0.1, 0.15) is 28.6 Å². The van der Waals surface area contributed by atoms with Crippen molar-refractivity contribution in [1.82, 2.24) is 15.5 Å². The van der Waals surface area contributed by atoms with Gasteiger partial charge in [0.25, 0.3) is 5.91 Å². The summed E-state index contributed by atoms with van der Waals surface area (Å²) >= 11 is 0. The van der Waals surface area contributed by atoms with Gasteiger partial charge in [0, 0.05) is 25.1 Å². The lowest BCUT2D eigenvalue weighted by Gasteiger charge is -2.22. The normalized spacial score (nSPS) is 12.1. The predicted molar refractivity (Wildman–Crippen MR) is 109 cm³/mol. The van der Waals surface area contributed by atoms with E-state index in [4.69, 9.17) is 4.42 Å². The molecular weight excluding hydrogens is 354 g/mol. The number of nitrogens with zero attached hydrogens (tertiary/aromatic N) is 1. The van der Waals surface area contributed by atoms with Gasteiger partial charge in [-0.1, -0.05) is 30.3 Å². The lowest BCUT2D eigenvalue weighted by atomic mass is 10.1. The summed E-state index contributed by atoms with van der Waals surface area (Å²) in [6.45, 7) is 0.725. The van der Waals surface area contributed by atoms with Gasteiger partial charge >= 0.3 is 0 Å². The largest absolute Gasteiger partial charge is 0.468 e. The molecule has 1 aromatic heterocycles. The van der Waals surface area contributed by atoms with Gasteiger partial charge in [-0.2, -0.15) is 0 Å². The maximum Gasteiger partial charge on any atom is 0.251 e. The topological polar surface area (TPSA) is 74.6 Å². The average Bonchev–Trinajstić information content (AvgIpc) is 3.21. The van der Waals surface area contributed by atoms with Crippen LogP contribution in [0.5, 0.6) is 0 Å². The van der Waals surface area contributed by atoms with E-state index in [1.165, 1.54) is 0 Å². The number of hydrogen-bond acceptors (Lipinski definition) is 4. The van der Waals surface area contributed by atoms with E-state index in [1.54, 1.807) is 12.3 Å². The molecule has 3 aromatic rings. The van der Waals surface area contributed by atoms with E-state index in [1.807, 2.05) is 67.5 Å². The van der Waals surface area contributed by atoms with Crippen LogP contribution in [0.2, 0.25) is 0 Å². The first kappa shape index (κ1) is 19.6. The molecule has 0 aliphatic heterocycles. The van der Waals surface area contributed by atoms with Gasteiger partial charge in [-0.25, -0.2) is 0 Å². The second-order valence-corrected chi connectivity index (χ2v) is 6.87. The number of carbonyl (C=O) groups is 2. The summed E-state index contributed by atoms with van der Waals surface area (Å²) in [4.78, 5) is 26.4. The minimum Gasteiger partial charge on any atom is -0.468 e. The highest BCUT2D eigenvalue weighted by atomic mass is 16.3. The number of nitrogens with one attached hydrogen (secondary N) is 2. The third kappa shape index (κ3) is 4.98. The smallest absolute Gasteiger partial charge is 0.251 e. The van der Waals surface area contributed by atoms with Crippen molar-refractivity contribution in [2.75, 3.05) is 27.2 Å². The summed E-state index contributed by atoms with van der Waals surface area (Å²) < 4.78 is 5.43. The summed E-state index contributed by atoms with van der Waals surface area (Å²) in [5.41, 5.74) is 0.588. The lowest BCUT2D eigenvalue weighted by molar-refractivity contribution is -0.121. The molecule has 3 rings (SSSR count). The molecule has 0 saturated heterocycles. The fourth-order valence-electron chi connectivity index (χ4n) is 3.04. The summed E-state index contributed by atoms with van der Waals surface area (Å²) in [6, 6.07) is 17.1. The maximum absolute atomic E-state index is 12.3. The average molecular weight is 379 g/mol. The molecular formula is C22H25N3O3. The van der Waals surface area contributed by atoms with Gasteiger partial charge in [-0.05, 0) is 49.1 Å². The molecule has 146 valence electrons. The third-order valence-electron chi connectivity index (χ3n) is 4.64. The number of likely N-dealkylation sites (N-methyl/N-ethyl adjacent to an activating group) is 1. The molecule has 2 aromatic carbocycles. The van der Waals surface area contributed by atoms with Crippen molar-refractivity contribution in [1.29, 1.82) is 0 Å². The van der Waals surface area contributed by atoms with Crippen LogP contribution in [0.3, 0.4) is 0 Å². The second-order valence-electron chi connectivity index (χ2n) is 6.87. The van der Waals surface area contributed by atoms with Gasteiger partial charge in [0.15, 0.2) is 0 Å². The molecule has 0 saturated carbocycles. The number of fused-ring (bicyclic) bond motifs is 1. The Morgan fingerprint density at radius 1 is 1.00 bits per heavy atom.